The van der Waals surface area contributed by atoms with Crippen LogP contribution in [-0.4, -0.2) is 26.3 Å². The molecule has 0 aromatic heterocycles. The van der Waals surface area contributed by atoms with E-state index in [9.17, 15) is 18.0 Å². The molecule has 1 aliphatic rings. The van der Waals surface area contributed by atoms with Gasteiger partial charge in [-0.15, -0.1) is 0 Å². The Morgan fingerprint density at radius 2 is 1.70 bits per heavy atom. The van der Waals surface area contributed by atoms with Crippen LogP contribution in [0, 0.1) is 0 Å². The Hall–Kier alpha value is -2.13. The van der Waals surface area contributed by atoms with Crippen molar-refractivity contribution >= 4 is 50.7 Å². The highest BCUT2D eigenvalue weighted by molar-refractivity contribution is 7.89. The third-order valence-electron chi connectivity index (χ3n) is 3.90. The number of rotatable bonds is 6. The molecule has 0 unspecified atom stereocenters. The van der Waals surface area contributed by atoms with E-state index in [4.69, 9.17) is 28.9 Å². The molecule has 2 aromatic rings. The summed E-state index contributed by atoms with van der Waals surface area (Å²) in [7, 11) is -3.89. The zero-order valence-corrected chi connectivity index (χ0v) is 16.2. The van der Waals surface area contributed by atoms with Crippen molar-refractivity contribution in [3.05, 3.63) is 57.6 Å². The summed E-state index contributed by atoms with van der Waals surface area (Å²) in [6.07, 6.45) is 1.50. The maximum Gasteiger partial charge on any atom is 0.257 e. The van der Waals surface area contributed by atoms with Crippen molar-refractivity contribution < 1.29 is 18.0 Å². The molecule has 1 fully saturated rings. The van der Waals surface area contributed by atoms with E-state index in [2.05, 4.69) is 10.0 Å². The number of nitrogens with two attached hydrogens (primary N) is 1. The lowest BCUT2D eigenvalue weighted by Gasteiger charge is -2.13. The number of halogens is 2. The second-order valence-corrected chi connectivity index (χ2v) is 8.52. The van der Waals surface area contributed by atoms with Gasteiger partial charge in [0.1, 0.15) is 4.90 Å². The minimum Gasteiger partial charge on any atom is -0.366 e. The summed E-state index contributed by atoms with van der Waals surface area (Å²) in [5.74, 6) is -1.42. The molecular formula is C17H15Cl2N3O4S. The molecule has 27 heavy (non-hydrogen) atoms. The van der Waals surface area contributed by atoms with Gasteiger partial charge in [-0.2, -0.15) is 0 Å². The van der Waals surface area contributed by atoms with E-state index in [1.54, 1.807) is 12.1 Å². The van der Waals surface area contributed by atoms with Crippen LogP contribution in [0.25, 0.3) is 0 Å². The second-order valence-electron chi connectivity index (χ2n) is 6.02. The number of benzene rings is 2. The van der Waals surface area contributed by atoms with Gasteiger partial charge in [0.25, 0.3) is 11.8 Å². The van der Waals surface area contributed by atoms with Gasteiger partial charge in [0, 0.05) is 6.04 Å². The average molecular weight is 428 g/mol. The maximum absolute atomic E-state index is 12.6. The van der Waals surface area contributed by atoms with Crippen molar-refractivity contribution in [2.45, 2.75) is 23.8 Å². The van der Waals surface area contributed by atoms with Gasteiger partial charge in [0.15, 0.2) is 0 Å². The molecule has 4 N–H and O–H groups in total. The van der Waals surface area contributed by atoms with Crippen molar-refractivity contribution in [2.24, 2.45) is 5.73 Å². The first-order valence-corrected chi connectivity index (χ1v) is 10.1. The molecule has 7 nitrogen and oxygen atoms in total. The summed E-state index contributed by atoms with van der Waals surface area (Å²) < 4.78 is 27.4. The van der Waals surface area contributed by atoms with Crippen LogP contribution in [0.1, 0.15) is 33.6 Å². The zero-order valence-electron chi connectivity index (χ0n) is 13.8. The first kappa shape index (κ1) is 19.6. The van der Waals surface area contributed by atoms with Gasteiger partial charge in [-0.1, -0.05) is 35.3 Å². The Labute approximate surface area is 165 Å². The Morgan fingerprint density at radius 3 is 2.33 bits per heavy atom. The second kappa shape index (κ2) is 7.47. The van der Waals surface area contributed by atoms with Crippen LogP contribution in [0.2, 0.25) is 10.0 Å². The molecule has 2 amide bonds. The quantitative estimate of drug-likeness (QED) is 0.656. The highest BCUT2D eigenvalue weighted by Crippen LogP contribution is 2.31. The lowest BCUT2D eigenvalue weighted by Crippen LogP contribution is -2.26. The number of carbonyl (C=O) groups excluding carboxylic acids is 2. The topological polar surface area (TPSA) is 118 Å². The SMILES string of the molecule is NC(=O)c1ccccc1NC(=O)c1cc(S(=O)(=O)NC2CC2)c(Cl)cc1Cl. The normalized spacial score (nSPS) is 14.0. The van der Waals surface area contributed by atoms with E-state index in [-0.39, 0.29) is 37.8 Å². The molecule has 0 aliphatic heterocycles. The van der Waals surface area contributed by atoms with Gasteiger partial charge in [-0.25, -0.2) is 13.1 Å². The van der Waals surface area contributed by atoms with Crippen LogP contribution in [0.15, 0.2) is 41.3 Å². The van der Waals surface area contributed by atoms with Crippen molar-refractivity contribution in [3.8, 4) is 0 Å². The average Bonchev–Trinajstić information content (AvgIpc) is 3.38. The van der Waals surface area contributed by atoms with Gasteiger partial charge < -0.3 is 11.1 Å². The Morgan fingerprint density at radius 1 is 1.04 bits per heavy atom. The summed E-state index contributed by atoms with van der Waals surface area (Å²) in [6, 6.07) is 8.34. The van der Waals surface area contributed by atoms with E-state index in [1.165, 1.54) is 18.2 Å². The molecule has 2 aromatic carbocycles. The van der Waals surface area contributed by atoms with Crippen LogP contribution < -0.4 is 15.8 Å². The number of sulfonamides is 1. The molecule has 142 valence electrons. The summed E-state index contributed by atoms with van der Waals surface area (Å²) in [5.41, 5.74) is 5.48. The summed E-state index contributed by atoms with van der Waals surface area (Å²) >= 11 is 12.1. The number of primary amides is 1. The van der Waals surface area contributed by atoms with Crippen LogP contribution >= 0.6 is 23.2 Å². The molecule has 3 rings (SSSR count). The summed E-state index contributed by atoms with van der Waals surface area (Å²) in [5, 5.41) is 2.39. The summed E-state index contributed by atoms with van der Waals surface area (Å²) in [6.45, 7) is 0. The molecule has 0 saturated heterocycles. The smallest absolute Gasteiger partial charge is 0.257 e. The number of nitrogens with one attached hydrogen (secondary N) is 2. The third kappa shape index (κ3) is 4.41. The van der Waals surface area contributed by atoms with Crippen molar-refractivity contribution in [2.75, 3.05) is 5.32 Å². The predicted molar refractivity (Wildman–Crippen MR) is 103 cm³/mol. The number of amides is 2. The van der Waals surface area contributed by atoms with Gasteiger partial charge in [-0.05, 0) is 37.1 Å². The fraction of sp³-hybridized carbons (Fsp3) is 0.176. The molecule has 1 aliphatic carbocycles. The number of hydrogen-bond donors (Lipinski definition) is 3. The number of anilines is 1. The fourth-order valence-electron chi connectivity index (χ4n) is 2.39. The minimum atomic E-state index is -3.89. The minimum absolute atomic E-state index is 0.0283. The van der Waals surface area contributed by atoms with Crippen molar-refractivity contribution in [1.29, 1.82) is 0 Å². The molecule has 10 heteroatoms. The van der Waals surface area contributed by atoms with Crippen LogP contribution in [0.5, 0.6) is 0 Å². The number of carbonyl (C=O) groups is 2. The molecule has 0 radical (unpaired) electrons. The Balaban J connectivity index is 1.96. The molecular weight excluding hydrogens is 413 g/mol. The van der Waals surface area contributed by atoms with E-state index >= 15 is 0 Å². The highest BCUT2D eigenvalue weighted by Gasteiger charge is 2.30. The Kier molecular flexibility index (Phi) is 5.43. The van der Waals surface area contributed by atoms with Crippen LogP contribution in [0.3, 0.4) is 0 Å². The lowest BCUT2D eigenvalue weighted by molar-refractivity contribution is 0.100. The third-order valence-corrected chi connectivity index (χ3v) is 6.19. The number of hydrogen-bond acceptors (Lipinski definition) is 4. The summed E-state index contributed by atoms with van der Waals surface area (Å²) in [4.78, 5) is 23.9. The highest BCUT2D eigenvalue weighted by atomic mass is 35.5. The van der Waals surface area contributed by atoms with E-state index in [0.717, 1.165) is 18.9 Å². The predicted octanol–water partition coefficient (Wildman–Crippen LogP) is 2.79. The molecule has 0 bridgehead atoms. The molecule has 0 spiro atoms. The van der Waals surface area contributed by atoms with Gasteiger partial charge in [0.05, 0.1) is 26.9 Å². The van der Waals surface area contributed by atoms with Gasteiger partial charge >= 0.3 is 0 Å². The van der Waals surface area contributed by atoms with Crippen molar-refractivity contribution in [3.63, 3.8) is 0 Å². The van der Waals surface area contributed by atoms with E-state index in [0.29, 0.717) is 0 Å². The molecule has 0 atom stereocenters. The fourth-order valence-corrected chi connectivity index (χ4v) is 4.55. The molecule has 0 heterocycles. The first-order chi connectivity index (χ1) is 12.7. The lowest BCUT2D eigenvalue weighted by atomic mass is 10.1. The largest absolute Gasteiger partial charge is 0.366 e. The van der Waals surface area contributed by atoms with Crippen molar-refractivity contribution in [1.82, 2.24) is 4.72 Å². The van der Waals surface area contributed by atoms with Crippen LogP contribution in [0.4, 0.5) is 5.69 Å². The van der Waals surface area contributed by atoms with E-state index < -0.39 is 21.8 Å². The first-order valence-electron chi connectivity index (χ1n) is 7.90. The van der Waals surface area contributed by atoms with Gasteiger partial charge in [0.2, 0.25) is 10.0 Å². The Bertz CT molecular complexity index is 1040. The van der Waals surface area contributed by atoms with Crippen LogP contribution in [-0.2, 0) is 10.0 Å². The standard InChI is InChI=1S/C17H15Cl2N3O4S/c18-12-8-13(19)15(27(25,26)22-9-5-6-9)7-11(12)17(24)21-14-4-2-1-3-10(14)16(20)23/h1-4,7-9,22H,5-6H2,(H2,20,23)(H,21,24). The maximum atomic E-state index is 12.6. The monoisotopic (exact) mass is 427 g/mol. The zero-order chi connectivity index (χ0) is 19.8. The number of para-hydroxylation sites is 1. The van der Waals surface area contributed by atoms with Gasteiger partial charge in [-0.3, -0.25) is 9.59 Å². The molecule has 1 saturated carbocycles. The van der Waals surface area contributed by atoms with E-state index in [1.807, 2.05) is 0 Å².